The van der Waals surface area contributed by atoms with Crippen LogP contribution in [0.1, 0.15) is 17.3 Å². The zero-order valence-electron chi connectivity index (χ0n) is 6.98. The third-order valence-electron chi connectivity index (χ3n) is 1.37. The third kappa shape index (κ3) is 2.90. The Morgan fingerprint density at radius 2 is 1.92 bits per heavy atom. The molecule has 0 saturated heterocycles. The number of carbonyl (C=O) groups excluding carboxylic acids is 2. The molecule has 4 heteroatoms. The highest BCUT2D eigenvalue weighted by atomic mass is 32.2. The van der Waals surface area contributed by atoms with E-state index in [9.17, 15) is 9.59 Å². The molecular weight excluding hydrogens is 204 g/mol. The SMILES string of the molecule is CC(=O)Sc1ccccc1C(=O)S. The molecular formula is C9H8O2S2. The highest BCUT2D eigenvalue weighted by Gasteiger charge is 2.08. The molecule has 68 valence electrons. The zero-order valence-corrected chi connectivity index (χ0v) is 8.69. The van der Waals surface area contributed by atoms with Crippen molar-refractivity contribution in [3.8, 4) is 0 Å². The number of thioether (sulfide) groups is 1. The minimum Gasteiger partial charge on any atom is -0.287 e. The minimum absolute atomic E-state index is 0.0398. The van der Waals surface area contributed by atoms with E-state index in [2.05, 4.69) is 12.6 Å². The molecule has 0 aliphatic carbocycles. The molecule has 0 saturated carbocycles. The van der Waals surface area contributed by atoms with Crippen LogP contribution in [0.15, 0.2) is 29.2 Å². The first kappa shape index (κ1) is 10.3. The molecule has 0 fully saturated rings. The smallest absolute Gasteiger partial charge is 0.217 e. The maximum absolute atomic E-state index is 11.0. The van der Waals surface area contributed by atoms with Crippen LogP contribution >= 0.6 is 24.4 Å². The number of carbonyl (C=O) groups is 2. The fraction of sp³-hybridized carbons (Fsp3) is 0.111. The van der Waals surface area contributed by atoms with Gasteiger partial charge < -0.3 is 0 Å². The van der Waals surface area contributed by atoms with Gasteiger partial charge in [0.1, 0.15) is 0 Å². The Labute approximate surface area is 86.1 Å². The second-order valence-electron chi connectivity index (χ2n) is 2.39. The lowest BCUT2D eigenvalue weighted by atomic mass is 10.2. The molecule has 0 radical (unpaired) electrons. The van der Waals surface area contributed by atoms with Gasteiger partial charge in [-0.1, -0.05) is 23.9 Å². The molecule has 0 aliphatic heterocycles. The van der Waals surface area contributed by atoms with E-state index in [-0.39, 0.29) is 10.2 Å². The highest BCUT2D eigenvalue weighted by Crippen LogP contribution is 2.23. The fourth-order valence-corrected chi connectivity index (χ4v) is 1.88. The molecule has 0 aliphatic rings. The summed E-state index contributed by atoms with van der Waals surface area (Å²) < 4.78 is 0. The maximum atomic E-state index is 11.0. The summed E-state index contributed by atoms with van der Waals surface area (Å²) in [5.74, 6) is 0. The molecule has 0 spiro atoms. The minimum atomic E-state index is -0.315. The molecule has 0 heterocycles. The zero-order chi connectivity index (χ0) is 9.84. The van der Waals surface area contributed by atoms with Crippen LogP contribution in [-0.2, 0) is 4.79 Å². The summed E-state index contributed by atoms with van der Waals surface area (Å²) in [4.78, 5) is 22.5. The van der Waals surface area contributed by atoms with Crippen molar-refractivity contribution in [1.29, 1.82) is 0 Å². The normalized spacial score (nSPS) is 9.69. The lowest BCUT2D eigenvalue weighted by molar-refractivity contribution is -0.109. The van der Waals surface area contributed by atoms with Crippen LogP contribution in [0.3, 0.4) is 0 Å². The van der Waals surface area contributed by atoms with Gasteiger partial charge in [0.2, 0.25) is 5.12 Å². The summed E-state index contributed by atoms with van der Waals surface area (Å²) in [7, 11) is 0. The second-order valence-corrected chi connectivity index (χ2v) is 4.02. The van der Waals surface area contributed by atoms with E-state index in [1.165, 1.54) is 6.92 Å². The Kier molecular flexibility index (Phi) is 3.57. The van der Waals surface area contributed by atoms with E-state index in [1.54, 1.807) is 24.3 Å². The van der Waals surface area contributed by atoms with Crippen molar-refractivity contribution in [1.82, 2.24) is 0 Å². The van der Waals surface area contributed by atoms with Gasteiger partial charge in [0.25, 0.3) is 0 Å². The third-order valence-corrected chi connectivity index (χ3v) is 2.48. The first-order chi connectivity index (χ1) is 6.11. The molecule has 1 aromatic rings. The first-order valence-electron chi connectivity index (χ1n) is 3.62. The van der Waals surface area contributed by atoms with Crippen LogP contribution in [0, 0.1) is 0 Å². The largest absolute Gasteiger partial charge is 0.287 e. The van der Waals surface area contributed by atoms with Gasteiger partial charge in [-0.05, 0) is 12.1 Å². The van der Waals surface area contributed by atoms with Crippen molar-refractivity contribution in [2.75, 3.05) is 0 Å². The van der Waals surface area contributed by atoms with Crippen molar-refractivity contribution < 1.29 is 9.59 Å². The highest BCUT2D eigenvalue weighted by molar-refractivity contribution is 8.13. The number of hydrogen-bond donors (Lipinski definition) is 1. The maximum Gasteiger partial charge on any atom is 0.217 e. The molecule has 0 aromatic heterocycles. The predicted molar refractivity (Wildman–Crippen MR) is 56.3 cm³/mol. The molecule has 0 atom stereocenters. The van der Waals surface area contributed by atoms with Crippen molar-refractivity contribution in [3.63, 3.8) is 0 Å². The topological polar surface area (TPSA) is 34.1 Å². The number of rotatable bonds is 2. The summed E-state index contributed by atoms with van der Waals surface area (Å²) >= 11 is 4.76. The summed E-state index contributed by atoms with van der Waals surface area (Å²) in [6, 6.07) is 6.91. The van der Waals surface area contributed by atoms with Gasteiger partial charge in [-0.25, -0.2) is 0 Å². The summed E-state index contributed by atoms with van der Waals surface area (Å²) in [5, 5.41) is -0.355. The van der Waals surface area contributed by atoms with E-state index >= 15 is 0 Å². The standard InChI is InChI=1S/C9H8O2S2/c1-6(10)13-8-5-3-2-4-7(8)9(11)12/h2-5H,1H3,(H,11,12). The fourth-order valence-electron chi connectivity index (χ4n) is 0.887. The van der Waals surface area contributed by atoms with Gasteiger partial charge >= 0.3 is 0 Å². The Bertz CT molecular complexity index is 347. The summed E-state index contributed by atoms with van der Waals surface area (Å²) in [6.07, 6.45) is 0. The van der Waals surface area contributed by atoms with E-state index in [0.717, 1.165) is 11.8 Å². The van der Waals surface area contributed by atoms with E-state index in [0.29, 0.717) is 10.5 Å². The monoisotopic (exact) mass is 212 g/mol. The van der Waals surface area contributed by atoms with Crippen molar-refractivity contribution in [2.24, 2.45) is 0 Å². The molecule has 0 bridgehead atoms. The molecule has 13 heavy (non-hydrogen) atoms. The number of benzene rings is 1. The molecule has 1 aromatic carbocycles. The lowest BCUT2D eigenvalue weighted by Crippen LogP contribution is -1.93. The summed E-state index contributed by atoms with van der Waals surface area (Å²) in [5.41, 5.74) is 0.478. The van der Waals surface area contributed by atoms with E-state index in [4.69, 9.17) is 0 Å². The first-order valence-corrected chi connectivity index (χ1v) is 4.88. The molecule has 1 rings (SSSR count). The van der Waals surface area contributed by atoms with E-state index < -0.39 is 0 Å². The van der Waals surface area contributed by atoms with Crippen molar-refractivity contribution >= 4 is 34.6 Å². The van der Waals surface area contributed by atoms with Gasteiger partial charge in [0.05, 0.1) is 0 Å². The number of hydrogen-bond acceptors (Lipinski definition) is 3. The van der Waals surface area contributed by atoms with Crippen LogP contribution in [0.25, 0.3) is 0 Å². The van der Waals surface area contributed by atoms with Gasteiger partial charge in [0, 0.05) is 17.4 Å². The van der Waals surface area contributed by atoms with Crippen molar-refractivity contribution in [3.05, 3.63) is 29.8 Å². The second kappa shape index (κ2) is 4.48. The average Bonchev–Trinajstić information content (AvgIpc) is 2.03. The Hall–Kier alpha value is -0.740. The van der Waals surface area contributed by atoms with Crippen LogP contribution in [0.5, 0.6) is 0 Å². The van der Waals surface area contributed by atoms with Crippen LogP contribution in [0.4, 0.5) is 0 Å². The molecule has 0 N–H and O–H groups in total. The molecule has 2 nitrogen and oxygen atoms in total. The van der Waals surface area contributed by atoms with Crippen LogP contribution < -0.4 is 0 Å². The molecule has 0 amide bonds. The van der Waals surface area contributed by atoms with Gasteiger partial charge in [-0.15, -0.1) is 12.6 Å². The Morgan fingerprint density at radius 3 is 2.46 bits per heavy atom. The van der Waals surface area contributed by atoms with Crippen LogP contribution in [-0.4, -0.2) is 10.2 Å². The predicted octanol–water partition coefficient (Wildman–Crippen LogP) is 2.40. The molecule has 0 unspecified atom stereocenters. The van der Waals surface area contributed by atoms with Crippen molar-refractivity contribution in [2.45, 2.75) is 11.8 Å². The van der Waals surface area contributed by atoms with Crippen LogP contribution in [0.2, 0.25) is 0 Å². The van der Waals surface area contributed by atoms with Gasteiger partial charge in [-0.3, -0.25) is 9.59 Å². The average molecular weight is 212 g/mol. The number of thiol groups is 1. The quantitative estimate of drug-likeness (QED) is 0.603. The Morgan fingerprint density at radius 1 is 1.31 bits per heavy atom. The summed E-state index contributed by atoms with van der Waals surface area (Å²) in [6.45, 7) is 1.46. The Balaban J connectivity index is 3.04. The van der Waals surface area contributed by atoms with E-state index in [1.807, 2.05) is 0 Å². The van der Waals surface area contributed by atoms with Gasteiger partial charge in [0.15, 0.2) is 5.12 Å². The lowest BCUT2D eigenvalue weighted by Gasteiger charge is -2.01. The van der Waals surface area contributed by atoms with Gasteiger partial charge in [-0.2, -0.15) is 0 Å².